The van der Waals surface area contributed by atoms with Crippen molar-refractivity contribution in [1.82, 2.24) is 5.09 Å². The average molecular weight is 459 g/mol. The molecule has 0 amide bonds. The summed E-state index contributed by atoms with van der Waals surface area (Å²) in [6, 6.07) is 4.50. The van der Waals surface area contributed by atoms with Crippen LogP contribution in [-0.4, -0.2) is 18.1 Å². The second-order valence-corrected chi connectivity index (χ2v) is 7.18. The van der Waals surface area contributed by atoms with Crippen molar-refractivity contribution in [3.63, 3.8) is 0 Å². The monoisotopic (exact) mass is 459 g/mol. The zero-order chi connectivity index (χ0) is 27.6. The van der Waals surface area contributed by atoms with Crippen molar-refractivity contribution in [3.8, 4) is 11.5 Å². The van der Waals surface area contributed by atoms with Crippen molar-refractivity contribution in [1.29, 1.82) is 0 Å². The lowest BCUT2D eigenvalue weighted by atomic mass is 10.3. The van der Waals surface area contributed by atoms with Crippen molar-refractivity contribution in [2.75, 3.05) is 0 Å². The Morgan fingerprint density at radius 1 is 0.967 bits per heavy atom. The Hall–Kier alpha value is -2.65. The smallest absolute Gasteiger partial charge is 0.462 e. The SMILES string of the molecule is [2H]C([2H])([2H])C(OC(=O)[C@@H](C)N[P@@](=O)(Oc1ccccc1)Oc1c(F)c(F)c(F)c(F)c1F)C([2H])([2H])[2H]. The highest BCUT2D eigenvalue weighted by Gasteiger charge is 2.38. The fourth-order valence-electron chi connectivity index (χ4n) is 1.98. The predicted molar refractivity (Wildman–Crippen MR) is 95.4 cm³/mol. The van der Waals surface area contributed by atoms with Crippen LogP contribution in [0, 0.1) is 29.1 Å². The zero-order valence-electron chi connectivity index (χ0n) is 20.9. The van der Waals surface area contributed by atoms with Gasteiger partial charge in [-0.25, -0.2) is 17.7 Å². The van der Waals surface area contributed by atoms with Crippen LogP contribution in [0.25, 0.3) is 0 Å². The summed E-state index contributed by atoms with van der Waals surface area (Å²) in [6.07, 6.45) is -2.62. The van der Waals surface area contributed by atoms with Gasteiger partial charge in [0.15, 0.2) is 0 Å². The van der Waals surface area contributed by atoms with Gasteiger partial charge in [0.25, 0.3) is 0 Å². The Morgan fingerprint density at radius 2 is 1.50 bits per heavy atom. The molecule has 0 heterocycles. The molecule has 30 heavy (non-hydrogen) atoms. The van der Waals surface area contributed by atoms with Gasteiger partial charge in [0.05, 0.1) is 6.10 Å². The zero-order valence-corrected chi connectivity index (χ0v) is 15.8. The third-order valence-electron chi connectivity index (χ3n) is 3.29. The van der Waals surface area contributed by atoms with E-state index in [0.717, 1.165) is 19.1 Å². The van der Waals surface area contributed by atoms with Crippen molar-refractivity contribution >= 4 is 13.7 Å². The first-order valence-corrected chi connectivity index (χ1v) is 9.45. The van der Waals surface area contributed by atoms with E-state index < -0.39 is 74.4 Å². The van der Waals surface area contributed by atoms with Crippen molar-refractivity contribution < 1.29 is 53.3 Å². The Balaban J connectivity index is 2.44. The lowest BCUT2D eigenvalue weighted by molar-refractivity contribution is -0.149. The Bertz CT molecular complexity index is 1120. The molecule has 2 aromatic carbocycles. The fraction of sp³-hybridized carbons (Fsp3) is 0.278. The number of rotatable bonds is 8. The third kappa shape index (κ3) is 5.48. The number of nitrogens with one attached hydrogen (secondary N) is 1. The summed E-state index contributed by atoms with van der Waals surface area (Å²) >= 11 is 0. The fourth-order valence-corrected chi connectivity index (χ4v) is 3.51. The molecule has 1 N–H and O–H groups in total. The van der Waals surface area contributed by atoms with Gasteiger partial charge in [0.2, 0.25) is 34.8 Å². The van der Waals surface area contributed by atoms with Crippen molar-refractivity contribution in [2.45, 2.75) is 32.8 Å². The van der Waals surface area contributed by atoms with Crippen LogP contribution in [0.15, 0.2) is 30.3 Å². The molecule has 164 valence electrons. The first-order chi connectivity index (χ1) is 16.4. The first kappa shape index (κ1) is 16.1. The number of halogens is 5. The second-order valence-electron chi connectivity index (χ2n) is 5.56. The third-order valence-corrected chi connectivity index (χ3v) is 4.87. The maximum absolute atomic E-state index is 14.1. The summed E-state index contributed by atoms with van der Waals surface area (Å²) < 4.78 is 140. The molecular weight excluding hydrogens is 436 g/mol. The Labute approximate surface area is 177 Å². The van der Waals surface area contributed by atoms with Gasteiger partial charge in [-0.15, -0.1) is 0 Å². The molecule has 6 nitrogen and oxygen atoms in total. The number of carbonyl (C=O) groups excluding carboxylic acids is 1. The molecule has 2 atom stereocenters. The molecule has 0 unspecified atom stereocenters. The molecule has 0 bridgehead atoms. The number of ether oxygens (including phenoxy) is 1. The van der Waals surface area contributed by atoms with E-state index >= 15 is 0 Å². The first-order valence-electron chi connectivity index (χ1n) is 10.9. The summed E-state index contributed by atoms with van der Waals surface area (Å²) in [7, 11) is -5.27. The molecule has 0 fully saturated rings. The van der Waals surface area contributed by atoms with Crippen LogP contribution < -0.4 is 14.1 Å². The van der Waals surface area contributed by atoms with Gasteiger partial charge >= 0.3 is 13.7 Å². The van der Waals surface area contributed by atoms with Crippen molar-refractivity contribution in [2.24, 2.45) is 0 Å². The second kappa shape index (κ2) is 9.44. The molecule has 0 saturated heterocycles. The maximum Gasteiger partial charge on any atom is 0.513 e. The normalized spacial score (nSPS) is 18.0. The van der Waals surface area contributed by atoms with E-state index in [1.54, 1.807) is 5.09 Å². The van der Waals surface area contributed by atoms with Crippen LogP contribution in [0.5, 0.6) is 11.5 Å². The van der Waals surface area contributed by atoms with Gasteiger partial charge in [-0.05, 0) is 32.8 Å². The highest BCUT2D eigenvalue weighted by molar-refractivity contribution is 7.52. The lowest BCUT2D eigenvalue weighted by Gasteiger charge is -2.24. The van der Waals surface area contributed by atoms with Crippen LogP contribution in [0.1, 0.15) is 28.9 Å². The largest absolute Gasteiger partial charge is 0.513 e. The van der Waals surface area contributed by atoms with Crippen molar-refractivity contribution in [3.05, 3.63) is 59.4 Å². The number of benzene rings is 2. The lowest BCUT2D eigenvalue weighted by Crippen LogP contribution is -2.37. The molecule has 2 aromatic rings. The van der Waals surface area contributed by atoms with E-state index in [1.165, 1.54) is 18.2 Å². The standard InChI is InChI=1S/C18H17F5NO5P/c1-9(2)27-18(25)10(3)24-30(26,28-11-7-5-4-6-8-11)29-17-15(22)13(20)12(19)14(21)16(17)23/h4-10H,1-3H3,(H,24,26)/t10-,30-/m1/s1/i1D3,2D3. The Morgan fingerprint density at radius 3 is 2.03 bits per heavy atom. The number of carbonyl (C=O) groups is 1. The van der Waals surface area contributed by atoms with Gasteiger partial charge in [0.1, 0.15) is 11.8 Å². The number of hydrogen-bond acceptors (Lipinski definition) is 5. The molecule has 0 saturated carbocycles. The van der Waals surface area contributed by atoms with Gasteiger partial charge in [-0.1, -0.05) is 18.2 Å². The van der Waals surface area contributed by atoms with E-state index in [-0.39, 0.29) is 5.75 Å². The summed E-state index contributed by atoms with van der Waals surface area (Å²) in [5, 5.41) is 1.80. The topological polar surface area (TPSA) is 73.9 Å². The van der Waals surface area contributed by atoms with E-state index in [4.69, 9.17) is 12.7 Å². The average Bonchev–Trinajstić information content (AvgIpc) is 2.76. The summed E-state index contributed by atoms with van der Waals surface area (Å²) in [5.74, 6) is -16.4. The molecular formula is C18H17F5NO5P. The van der Waals surface area contributed by atoms with Crippen LogP contribution >= 0.6 is 7.75 Å². The highest BCUT2D eigenvalue weighted by Crippen LogP contribution is 2.47. The van der Waals surface area contributed by atoms with E-state index in [2.05, 4.69) is 9.26 Å². The number of hydrogen-bond donors (Lipinski definition) is 1. The summed E-state index contributed by atoms with van der Waals surface area (Å²) in [4.78, 5) is 12.4. The maximum atomic E-state index is 14.1. The number of para-hydroxylation sites is 1. The van der Waals surface area contributed by atoms with Crippen LogP contribution in [0.3, 0.4) is 0 Å². The molecule has 0 aliphatic rings. The minimum Gasteiger partial charge on any atom is -0.462 e. The van der Waals surface area contributed by atoms with E-state index in [1.807, 2.05) is 0 Å². The summed E-state index contributed by atoms with van der Waals surface area (Å²) in [6.45, 7) is -5.77. The molecule has 2 rings (SSSR count). The molecule has 0 spiro atoms. The van der Waals surface area contributed by atoms with Crippen LogP contribution in [0.4, 0.5) is 22.0 Å². The minimum atomic E-state index is -5.27. The molecule has 0 aliphatic heterocycles. The highest BCUT2D eigenvalue weighted by atomic mass is 31.2. The summed E-state index contributed by atoms with van der Waals surface area (Å²) in [5.41, 5.74) is 0. The van der Waals surface area contributed by atoms with Gasteiger partial charge in [0, 0.05) is 8.22 Å². The molecule has 0 aliphatic carbocycles. The quantitative estimate of drug-likeness (QED) is 0.200. The predicted octanol–water partition coefficient (Wildman–Crippen LogP) is 4.88. The molecule has 0 radical (unpaired) electrons. The number of esters is 1. The van der Waals surface area contributed by atoms with Gasteiger partial charge in [-0.3, -0.25) is 4.79 Å². The van der Waals surface area contributed by atoms with E-state index in [9.17, 15) is 31.3 Å². The van der Waals surface area contributed by atoms with Crippen LogP contribution in [-0.2, 0) is 14.1 Å². The van der Waals surface area contributed by atoms with Crippen LogP contribution in [0.2, 0.25) is 0 Å². The molecule has 0 aromatic heterocycles. The Kier molecular flexibility index (Phi) is 5.06. The minimum absolute atomic E-state index is 0.319. The van der Waals surface area contributed by atoms with Gasteiger partial charge < -0.3 is 13.8 Å². The molecule has 12 heteroatoms. The van der Waals surface area contributed by atoms with E-state index in [0.29, 0.717) is 0 Å². The van der Waals surface area contributed by atoms with Gasteiger partial charge in [-0.2, -0.15) is 13.9 Å².